The van der Waals surface area contributed by atoms with Gasteiger partial charge in [0.1, 0.15) is 0 Å². The maximum absolute atomic E-state index is 12.5. The quantitative estimate of drug-likeness (QED) is 0.590. The summed E-state index contributed by atoms with van der Waals surface area (Å²) in [5.74, 6) is 0.476. The Labute approximate surface area is 186 Å². The highest BCUT2D eigenvalue weighted by Gasteiger charge is 2.18. The van der Waals surface area contributed by atoms with Crippen molar-refractivity contribution in [3.05, 3.63) is 46.5 Å². The molecule has 0 radical (unpaired) electrons. The molecule has 2 rings (SSSR count). The second-order valence-electron chi connectivity index (χ2n) is 7.10. The summed E-state index contributed by atoms with van der Waals surface area (Å²) in [5.41, 5.74) is 5.19. The molecule has 0 atom stereocenters. The van der Waals surface area contributed by atoms with E-state index >= 15 is 0 Å². The van der Waals surface area contributed by atoms with Gasteiger partial charge in [-0.3, -0.25) is 20.4 Å². The minimum Gasteiger partial charge on any atom is -0.493 e. The number of methoxy groups -OCH3 is 2. The highest BCUT2D eigenvalue weighted by atomic mass is 35.5. The summed E-state index contributed by atoms with van der Waals surface area (Å²) in [6.07, 6.45) is -0.173. The Morgan fingerprint density at radius 1 is 0.774 bits per heavy atom. The van der Waals surface area contributed by atoms with E-state index in [-0.39, 0.29) is 28.4 Å². The first-order chi connectivity index (χ1) is 14.7. The molecule has 0 bridgehead atoms. The number of hydrogen-bond acceptors (Lipinski definition) is 6. The maximum atomic E-state index is 12.5. The van der Waals surface area contributed by atoms with Crippen LogP contribution in [0.15, 0.2) is 30.3 Å². The number of carbonyl (C=O) groups excluding carboxylic acids is 2. The largest absolute Gasteiger partial charge is 0.493 e. The van der Waals surface area contributed by atoms with Crippen molar-refractivity contribution in [2.45, 2.75) is 39.9 Å². The lowest BCUT2D eigenvalue weighted by Gasteiger charge is -2.16. The number of amides is 2. The van der Waals surface area contributed by atoms with E-state index in [0.29, 0.717) is 23.0 Å². The van der Waals surface area contributed by atoms with Crippen LogP contribution in [0.3, 0.4) is 0 Å². The number of rotatable bonds is 8. The Balaban J connectivity index is 2.12. The molecule has 2 aromatic carbocycles. The Hall–Kier alpha value is -3.13. The third-order valence-electron chi connectivity index (χ3n) is 3.92. The van der Waals surface area contributed by atoms with Gasteiger partial charge in [0.2, 0.25) is 0 Å². The first kappa shape index (κ1) is 24.1. The van der Waals surface area contributed by atoms with Gasteiger partial charge < -0.3 is 18.9 Å². The van der Waals surface area contributed by atoms with E-state index in [1.807, 2.05) is 27.7 Å². The molecule has 0 saturated carbocycles. The predicted molar refractivity (Wildman–Crippen MR) is 117 cm³/mol. The van der Waals surface area contributed by atoms with Crippen LogP contribution in [0.4, 0.5) is 0 Å². The predicted octanol–water partition coefficient (Wildman–Crippen LogP) is 4.01. The zero-order valence-corrected chi connectivity index (χ0v) is 19.1. The number of nitrogens with one attached hydrogen (secondary N) is 2. The lowest BCUT2D eigenvalue weighted by molar-refractivity contribution is 0.0846. The monoisotopic (exact) mass is 450 g/mol. The molecule has 0 fully saturated rings. The van der Waals surface area contributed by atoms with Gasteiger partial charge in [-0.25, -0.2) is 0 Å². The highest BCUT2D eigenvalue weighted by molar-refractivity contribution is 6.32. The van der Waals surface area contributed by atoms with Crippen LogP contribution < -0.4 is 29.8 Å². The summed E-state index contributed by atoms with van der Waals surface area (Å²) in [4.78, 5) is 25.0. The lowest BCUT2D eigenvalue weighted by Crippen LogP contribution is -2.41. The standard InChI is InChI=1S/C22H27ClN2O6/c1-12(2)30-17-8-7-14(10-18(17)28-5)21(26)24-25-22(27)15-9-16(23)20(31-13(3)4)19(11-15)29-6/h7-13H,1-6H3,(H,24,26)(H,25,27). The van der Waals surface area contributed by atoms with E-state index in [0.717, 1.165) is 0 Å². The fraction of sp³-hybridized carbons (Fsp3) is 0.364. The second kappa shape index (κ2) is 10.8. The zero-order chi connectivity index (χ0) is 23.1. The molecule has 8 nitrogen and oxygen atoms in total. The summed E-state index contributed by atoms with van der Waals surface area (Å²) < 4.78 is 21.8. The minimum absolute atomic E-state index is 0.0472. The highest BCUT2D eigenvalue weighted by Crippen LogP contribution is 2.37. The molecule has 2 N–H and O–H groups in total. The van der Waals surface area contributed by atoms with Crippen LogP contribution in [0, 0.1) is 0 Å². The Morgan fingerprint density at radius 2 is 1.32 bits per heavy atom. The molecular formula is C22H27ClN2O6. The number of hydrogen-bond donors (Lipinski definition) is 2. The van der Waals surface area contributed by atoms with Crippen LogP contribution in [-0.2, 0) is 0 Å². The minimum atomic E-state index is -0.573. The zero-order valence-electron chi connectivity index (χ0n) is 18.4. The average molecular weight is 451 g/mol. The van der Waals surface area contributed by atoms with Crippen LogP contribution in [0.1, 0.15) is 48.4 Å². The van der Waals surface area contributed by atoms with Crippen molar-refractivity contribution in [1.82, 2.24) is 10.9 Å². The fourth-order valence-corrected chi connectivity index (χ4v) is 2.87. The van der Waals surface area contributed by atoms with Gasteiger partial charge in [0, 0.05) is 11.1 Å². The number of halogens is 1. The molecule has 0 unspecified atom stereocenters. The molecule has 2 amide bonds. The normalized spacial score (nSPS) is 10.6. The number of hydrazine groups is 1. The smallest absolute Gasteiger partial charge is 0.269 e. The number of carbonyl (C=O) groups is 2. The molecule has 0 saturated heterocycles. The summed E-state index contributed by atoms with van der Waals surface area (Å²) in [6, 6.07) is 7.64. The van der Waals surface area contributed by atoms with Crippen molar-refractivity contribution in [2.24, 2.45) is 0 Å². The number of ether oxygens (including phenoxy) is 4. The van der Waals surface area contributed by atoms with E-state index in [9.17, 15) is 9.59 Å². The molecule has 2 aromatic rings. The second-order valence-corrected chi connectivity index (χ2v) is 7.50. The van der Waals surface area contributed by atoms with E-state index in [1.165, 1.54) is 32.4 Å². The molecule has 0 spiro atoms. The molecule has 0 heterocycles. The van der Waals surface area contributed by atoms with Gasteiger partial charge in [-0.15, -0.1) is 0 Å². The Morgan fingerprint density at radius 3 is 1.87 bits per heavy atom. The van der Waals surface area contributed by atoms with Gasteiger partial charge in [-0.2, -0.15) is 0 Å². The van der Waals surface area contributed by atoms with Crippen molar-refractivity contribution in [3.8, 4) is 23.0 Å². The molecule has 168 valence electrons. The first-order valence-electron chi connectivity index (χ1n) is 9.65. The van der Waals surface area contributed by atoms with Gasteiger partial charge in [0.05, 0.1) is 31.5 Å². The molecular weight excluding hydrogens is 424 g/mol. The van der Waals surface area contributed by atoms with E-state index in [4.69, 9.17) is 30.5 Å². The maximum Gasteiger partial charge on any atom is 0.269 e. The third-order valence-corrected chi connectivity index (χ3v) is 4.20. The molecule has 0 aliphatic rings. The van der Waals surface area contributed by atoms with Crippen molar-refractivity contribution >= 4 is 23.4 Å². The van der Waals surface area contributed by atoms with Crippen LogP contribution >= 0.6 is 11.6 Å². The SMILES string of the molecule is COc1cc(C(=O)NNC(=O)c2cc(Cl)c(OC(C)C)c(OC)c2)ccc1OC(C)C. The van der Waals surface area contributed by atoms with Crippen molar-refractivity contribution in [1.29, 1.82) is 0 Å². The van der Waals surface area contributed by atoms with Gasteiger partial charge >= 0.3 is 0 Å². The molecule has 0 aliphatic carbocycles. The van der Waals surface area contributed by atoms with Crippen LogP contribution in [-0.4, -0.2) is 38.2 Å². The van der Waals surface area contributed by atoms with Crippen molar-refractivity contribution < 1.29 is 28.5 Å². The Kier molecular flexibility index (Phi) is 8.38. The van der Waals surface area contributed by atoms with E-state index in [1.54, 1.807) is 12.1 Å². The molecule has 9 heteroatoms. The number of benzene rings is 2. The van der Waals surface area contributed by atoms with Gasteiger partial charge in [0.25, 0.3) is 11.8 Å². The van der Waals surface area contributed by atoms with Crippen LogP contribution in [0.25, 0.3) is 0 Å². The van der Waals surface area contributed by atoms with E-state index < -0.39 is 11.8 Å². The lowest BCUT2D eigenvalue weighted by atomic mass is 10.2. The first-order valence-corrected chi connectivity index (χ1v) is 10.0. The Bertz CT molecular complexity index is 946. The van der Waals surface area contributed by atoms with Crippen molar-refractivity contribution in [3.63, 3.8) is 0 Å². The average Bonchev–Trinajstić information content (AvgIpc) is 2.72. The summed E-state index contributed by atoms with van der Waals surface area (Å²) in [5, 5.41) is 0.218. The van der Waals surface area contributed by atoms with Crippen LogP contribution in [0.2, 0.25) is 5.02 Å². The molecule has 0 aliphatic heterocycles. The summed E-state index contributed by atoms with van der Waals surface area (Å²) in [7, 11) is 2.93. The van der Waals surface area contributed by atoms with Crippen molar-refractivity contribution in [2.75, 3.05) is 14.2 Å². The van der Waals surface area contributed by atoms with Gasteiger partial charge in [0.15, 0.2) is 23.0 Å². The van der Waals surface area contributed by atoms with Gasteiger partial charge in [-0.05, 0) is 58.0 Å². The van der Waals surface area contributed by atoms with E-state index in [2.05, 4.69) is 10.9 Å². The van der Waals surface area contributed by atoms with Gasteiger partial charge in [-0.1, -0.05) is 11.6 Å². The van der Waals surface area contributed by atoms with Crippen LogP contribution in [0.5, 0.6) is 23.0 Å². The fourth-order valence-electron chi connectivity index (χ4n) is 2.62. The summed E-state index contributed by atoms with van der Waals surface area (Å²) in [6.45, 7) is 7.47. The topological polar surface area (TPSA) is 95.1 Å². The molecule has 31 heavy (non-hydrogen) atoms. The third kappa shape index (κ3) is 6.42. The summed E-state index contributed by atoms with van der Waals surface area (Å²) >= 11 is 6.25. The molecule has 0 aromatic heterocycles.